The standard InChI is InChI=1S/C23H21N3O4/c1-29-22(27)15-30-21-9-5-2-6-16(21)12-18(13-24)23(28)25-11-10-17-14-26-20-8-4-3-7-19(17)20/h2-9,12,14,26H,10-11,15H2,1H3,(H,25,28)/b18-12-. The number of nitriles is 1. The molecule has 3 rings (SSSR count). The number of aromatic nitrogens is 1. The number of H-pyrrole nitrogens is 1. The Morgan fingerprint density at radius 3 is 2.73 bits per heavy atom. The van der Waals surface area contributed by atoms with Gasteiger partial charge < -0.3 is 19.8 Å². The molecule has 2 N–H and O–H groups in total. The number of aromatic amines is 1. The van der Waals surface area contributed by atoms with Gasteiger partial charge in [-0.05, 0) is 30.2 Å². The number of carbonyl (C=O) groups excluding carboxylic acids is 2. The van der Waals surface area contributed by atoms with E-state index in [1.165, 1.54) is 13.2 Å². The highest BCUT2D eigenvalue weighted by Crippen LogP contribution is 2.21. The zero-order valence-electron chi connectivity index (χ0n) is 16.5. The summed E-state index contributed by atoms with van der Waals surface area (Å²) >= 11 is 0. The summed E-state index contributed by atoms with van der Waals surface area (Å²) in [6.07, 6.45) is 3.99. The van der Waals surface area contributed by atoms with E-state index in [0.29, 0.717) is 24.3 Å². The van der Waals surface area contributed by atoms with Crippen LogP contribution in [0.1, 0.15) is 11.1 Å². The molecule has 0 aliphatic rings. The van der Waals surface area contributed by atoms with Crippen LogP contribution in [-0.2, 0) is 20.7 Å². The van der Waals surface area contributed by atoms with E-state index in [4.69, 9.17) is 4.74 Å². The minimum Gasteiger partial charge on any atom is -0.481 e. The first-order valence-electron chi connectivity index (χ1n) is 9.36. The lowest BCUT2D eigenvalue weighted by Gasteiger charge is -2.09. The van der Waals surface area contributed by atoms with Crippen LogP contribution in [0.5, 0.6) is 5.75 Å². The molecule has 0 bridgehead atoms. The van der Waals surface area contributed by atoms with E-state index < -0.39 is 11.9 Å². The number of esters is 1. The number of benzene rings is 2. The van der Waals surface area contributed by atoms with Crippen molar-refractivity contribution in [1.29, 1.82) is 5.26 Å². The third-order valence-electron chi connectivity index (χ3n) is 4.51. The van der Waals surface area contributed by atoms with Crippen LogP contribution in [0.3, 0.4) is 0 Å². The van der Waals surface area contributed by atoms with Gasteiger partial charge >= 0.3 is 5.97 Å². The van der Waals surface area contributed by atoms with Crippen LogP contribution in [0.25, 0.3) is 17.0 Å². The Morgan fingerprint density at radius 1 is 1.17 bits per heavy atom. The van der Waals surface area contributed by atoms with Crippen molar-refractivity contribution in [3.63, 3.8) is 0 Å². The molecule has 1 amide bonds. The van der Waals surface area contributed by atoms with Crippen molar-refractivity contribution in [3.05, 3.63) is 71.4 Å². The second-order valence-electron chi connectivity index (χ2n) is 6.44. The van der Waals surface area contributed by atoms with E-state index >= 15 is 0 Å². The molecule has 0 spiro atoms. The van der Waals surface area contributed by atoms with Crippen molar-refractivity contribution in [1.82, 2.24) is 10.3 Å². The Hall–Kier alpha value is -4.05. The fourth-order valence-electron chi connectivity index (χ4n) is 2.98. The average Bonchev–Trinajstić information content (AvgIpc) is 3.19. The van der Waals surface area contributed by atoms with E-state index in [0.717, 1.165) is 16.5 Å². The van der Waals surface area contributed by atoms with Crippen LogP contribution in [-0.4, -0.2) is 37.1 Å². The van der Waals surface area contributed by atoms with Crippen LogP contribution < -0.4 is 10.1 Å². The monoisotopic (exact) mass is 403 g/mol. The van der Waals surface area contributed by atoms with Crippen LogP contribution in [0.15, 0.2) is 60.3 Å². The Balaban J connectivity index is 1.65. The first-order chi connectivity index (χ1) is 14.6. The zero-order chi connectivity index (χ0) is 21.3. The number of hydrogen-bond acceptors (Lipinski definition) is 5. The first-order valence-corrected chi connectivity index (χ1v) is 9.36. The fourth-order valence-corrected chi connectivity index (χ4v) is 2.98. The molecule has 0 fully saturated rings. The second kappa shape index (κ2) is 9.94. The molecule has 2 aromatic carbocycles. The summed E-state index contributed by atoms with van der Waals surface area (Å²) in [6.45, 7) is 0.125. The second-order valence-corrected chi connectivity index (χ2v) is 6.44. The average molecular weight is 403 g/mol. The SMILES string of the molecule is COC(=O)COc1ccccc1/C=C(/C#N)C(=O)NCCc1c[nH]c2ccccc12. The highest BCUT2D eigenvalue weighted by atomic mass is 16.6. The lowest BCUT2D eigenvalue weighted by molar-refractivity contribution is -0.142. The van der Waals surface area contributed by atoms with Gasteiger partial charge in [0.15, 0.2) is 6.61 Å². The van der Waals surface area contributed by atoms with Gasteiger partial charge in [-0.2, -0.15) is 5.26 Å². The van der Waals surface area contributed by atoms with E-state index in [1.54, 1.807) is 24.3 Å². The number of fused-ring (bicyclic) bond motifs is 1. The molecule has 30 heavy (non-hydrogen) atoms. The van der Waals surface area contributed by atoms with Crippen molar-refractivity contribution in [3.8, 4) is 11.8 Å². The van der Waals surface area contributed by atoms with Crippen LogP contribution in [0, 0.1) is 11.3 Å². The number of hydrogen-bond donors (Lipinski definition) is 2. The molecule has 1 aromatic heterocycles. The van der Waals surface area contributed by atoms with Crippen molar-refractivity contribution >= 4 is 28.9 Å². The molecule has 0 saturated carbocycles. The van der Waals surface area contributed by atoms with Gasteiger partial charge in [-0.1, -0.05) is 36.4 Å². The third kappa shape index (κ3) is 5.06. The smallest absolute Gasteiger partial charge is 0.343 e. The number of carbonyl (C=O) groups is 2. The van der Waals surface area contributed by atoms with E-state index in [9.17, 15) is 14.9 Å². The molecular weight excluding hydrogens is 382 g/mol. The summed E-state index contributed by atoms with van der Waals surface area (Å²) in [5, 5.41) is 13.3. The zero-order valence-corrected chi connectivity index (χ0v) is 16.5. The number of para-hydroxylation sites is 2. The van der Waals surface area contributed by atoms with Crippen LogP contribution >= 0.6 is 0 Å². The Morgan fingerprint density at radius 2 is 1.93 bits per heavy atom. The summed E-state index contributed by atoms with van der Waals surface area (Å²) in [6, 6.07) is 16.7. The molecule has 7 heteroatoms. The maximum atomic E-state index is 12.5. The number of amides is 1. The molecule has 1 heterocycles. The largest absolute Gasteiger partial charge is 0.481 e. The molecule has 0 aliphatic heterocycles. The summed E-state index contributed by atoms with van der Waals surface area (Å²) in [7, 11) is 1.27. The summed E-state index contributed by atoms with van der Waals surface area (Å²) in [5.41, 5.74) is 2.60. The quantitative estimate of drug-likeness (QED) is 0.342. The Bertz CT molecular complexity index is 1120. The predicted octanol–water partition coefficient (Wildman–Crippen LogP) is 2.99. The third-order valence-corrected chi connectivity index (χ3v) is 4.51. The van der Waals surface area contributed by atoms with Crippen LogP contribution in [0.2, 0.25) is 0 Å². The van der Waals surface area contributed by atoms with Gasteiger partial charge in [-0.3, -0.25) is 4.79 Å². The molecule has 0 radical (unpaired) electrons. The maximum absolute atomic E-state index is 12.5. The van der Waals surface area contributed by atoms with Gasteiger partial charge in [-0.15, -0.1) is 0 Å². The lowest BCUT2D eigenvalue weighted by atomic mass is 10.1. The molecule has 152 valence electrons. The van der Waals surface area contributed by atoms with Gasteiger partial charge in [0.25, 0.3) is 5.91 Å². The number of nitrogens with zero attached hydrogens (tertiary/aromatic N) is 1. The first kappa shape index (κ1) is 20.7. The van der Waals surface area contributed by atoms with Crippen LogP contribution in [0.4, 0.5) is 0 Å². The maximum Gasteiger partial charge on any atom is 0.343 e. The molecule has 0 unspecified atom stereocenters. The predicted molar refractivity (Wildman–Crippen MR) is 113 cm³/mol. The van der Waals surface area contributed by atoms with Crippen molar-refractivity contribution in [2.24, 2.45) is 0 Å². The lowest BCUT2D eigenvalue weighted by Crippen LogP contribution is -2.26. The highest BCUT2D eigenvalue weighted by Gasteiger charge is 2.12. The topological polar surface area (TPSA) is 104 Å². The fraction of sp³-hybridized carbons (Fsp3) is 0.174. The van der Waals surface area contributed by atoms with Gasteiger partial charge in [0.05, 0.1) is 7.11 Å². The molecular formula is C23H21N3O4. The van der Waals surface area contributed by atoms with E-state index in [-0.39, 0.29) is 12.2 Å². The molecule has 0 aliphatic carbocycles. The number of nitrogens with one attached hydrogen (secondary N) is 2. The summed E-state index contributed by atoms with van der Waals surface area (Å²) < 4.78 is 9.98. The van der Waals surface area contributed by atoms with Gasteiger partial charge in [0.1, 0.15) is 17.4 Å². The normalized spacial score (nSPS) is 11.0. The van der Waals surface area contributed by atoms with Gasteiger partial charge in [0, 0.05) is 29.2 Å². The van der Waals surface area contributed by atoms with Crippen molar-refractivity contribution < 1.29 is 19.1 Å². The van der Waals surface area contributed by atoms with Crippen molar-refractivity contribution in [2.75, 3.05) is 20.3 Å². The molecule has 0 saturated heterocycles. The minimum atomic E-state index is -0.524. The summed E-state index contributed by atoms with van der Waals surface area (Å²) in [5.74, 6) is -0.619. The Kier molecular flexibility index (Phi) is 6.85. The van der Waals surface area contributed by atoms with Crippen molar-refractivity contribution in [2.45, 2.75) is 6.42 Å². The summed E-state index contributed by atoms with van der Waals surface area (Å²) in [4.78, 5) is 27.0. The molecule has 7 nitrogen and oxygen atoms in total. The molecule has 0 atom stereocenters. The molecule has 3 aromatic rings. The number of rotatable bonds is 8. The van der Waals surface area contributed by atoms with E-state index in [1.807, 2.05) is 36.5 Å². The van der Waals surface area contributed by atoms with E-state index in [2.05, 4.69) is 15.0 Å². The number of methoxy groups -OCH3 is 1. The highest BCUT2D eigenvalue weighted by molar-refractivity contribution is 6.02. The number of ether oxygens (including phenoxy) is 2. The van der Waals surface area contributed by atoms with Gasteiger partial charge in [-0.25, -0.2) is 4.79 Å². The van der Waals surface area contributed by atoms with Gasteiger partial charge in [0.2, 0.25) is 0 Å². The minimum absolute atomic E-state index is 0.0527. The Labute approximate surface area is 173 Å².